The van der Waals surface area contributed by atoms with E-state index in [2.05, 4.69) is 6.07 Å². The van der Waals surface area contributed by atoms with Gasteiger partial charge in [0.05, 0.1) is 5.92 Å². The van der Waals surface area contributed by atoms with Gasteiger partial charge in [-0.2, -0.15) is 5.26 Å². The molecule has 3 nitrogen and oxygen atoms in total. The monoisotopic (exact) mass is 332 g/mol. The number of rotatable bonds is 1. The third kappa shape index (κ3) is 2.12. The molecule has 4 rings (SSSR count). The molecule has 1 heterocycles. The summed E-state index contributed by atoms with van der Waals surface area (Å²) in [5, 5.41) is 12.2. The lowest BCUT2D eigenvalue weighted by molar-refractivity contribution is 0.398. The fraction of sp³-hybridized carbons (Fsp3) is 0.0500. The van der Waals surface area contributed by atoms with Crippen molar-refractivity contribution in [2.45, 2.75) is 5.92 Å². The lowest BCUT2D eigenvalue weighted by Crippen LogP contribution is -2.21. The average Bonchev–Trinajstić information content (AvgIpc) is 2.61. The summed E-state index contributed by atoms with van der Waals surface area (Å²) in [6.07, 6.45) is 0. The molecule has 0 aromatic heterocycles. The van der Waals surface area contributed by atoms with Crippen molar-refractivity contribution in [2.75, 3.05) is 0 Å². The lowest BCUT2D eigenvalue weighted by Gasteiger charge is -2.28. The van der Waals surface area contributed by atoms with Crippen LogP contribution in [0.25, 0.3) is 10.8 Å². The van der Waals surface area contributed by atoms with Gasteiger partial charge in [0, 0.05) is 16.0 Å². The van der Waals surface area contributed by atoms with Crippen LogP contribution in [0.15, 0.2) is 72.1 Å². The molecule has 1 unspecified atom stereocenters. The molecule has 116 valence electrons. The van der Waals surface area contributed by atoms with Crippen LogP contribution in [0.4, 0.5) is 0 Å². The Kier molecular flexibility index (Phi) is 3.41. The van der Waals surface area contributed by atoms with Crippen LogP contribution in [0, 0.1) is 11.3 Å². The molecular weight excluding hydrogens is 320 g/mol. The molecule has 1 aliphatic rings. The van der Waals surface area contributed by atoms with Crippen molar-refractivity contribution >= 4 is 22.4 Å². The third-order valence-electron chi connectivity index (χ3n) is 4.32. The predicted octanol–water partition coefficient (Wildman–Crippen LogP) is 4.71. The summed E-state index contributed by atoms with van der Waals surface area (Å²) in [7, 11) is 0. The molecule has 0 saturated heterocycles. The van der Waals surface area contributed by atoms with E-state index in [1.54, 1.807) is 0 Å². The van der Waals surface area contributed by atoms with Crippen LogP contribution in [0.1, 0.15) is 17.0 Å². The normalized spacial score (nSPS) is 16.4. The van der Waals surface area contributed by atoms with Crippen LogP contribution >= 0.6 is 11.6 Å². The standard InChI is InChI=1S/C20H13ClN2O/c21-17-8-4-3-7-14(17)18-15-10-9-12-5-1-2-6-13(12)19(15)24-20(23)16(18)11-22/h1-10,18H,23H2. The summed E-state index contributed by atoms with van der Waals surface area (Å²) in [6, 6.07) is 21.6. The van der Waals surface area contributed by atoms with E-state index in [1.807, 2.05) is 60.7 Å². The quantitative estimate of drug-likeness (QED) is 0.702. The number of nitriles is 1. The summed E-state index contributed by atoms with van der Waals surface area (Å²) < 4.78 is 5.83. The van der Waals surface area contributed by atoms with Gasteiger partial charge in [-0.05, 0) is 17.0 Å². The van der Waals surface area contributed by atoms with E-state index in [0.29, 0.717) is 16.3 Å². The number of benzene rings is 3. The van der Waals surface area contributed by atoms with E-state index >= 15 is 0 Å². The molecule has 24 heavy (non-hydrogen) atoms. The zero-order chi connectivity index (χ0) is 16.7. The molecule has 2 N–H and O–H groups in total. The van der Waals surface area contributed by atoms with Crippen molar-refractivity contribution in [1.82, 2.24) is 0 Å². The molecule has 0 saturated carbocycles. The highest BCUT2D eigenvalue weighted by atomic mass is 35.5. The van der Waals surface area contributed by atoms with Gasteiger partial charge in [0.15, 0.2) is 0 Å². The molecular formula is C20H13ClN2O. The average molecular weight is 333 g/mol. The number of hydrogen-bond acceptors (Lipinski definition) is 3. The van der Waals surface area contributed by atoms with Crippen LogP contribution in [0.3, 0.4) is 0 Å². The molecule has 0 amide bonds. The summed E-state index contributed by atoms with van der Waals surface area (Å²) in [5.74, 6) is 0.484. The topological polar surface area (TPSA) is 59.0 Å². The molecule has 0 bridgehead atoms. The zero-order valence-electron chi connectivity index (χ0n) is 12.7. The Morgan fingerprint density at radius 3 is 2.50 bits per heavy atom. The van der Waals surface area contributed by atoms with Gasteiger partial charge in [0.2, 0.25) is 5.88 Å². The van der Waals surface area contributed by atoms with Gasteiger partial charge in [-0.25, -0.2) is 0 Å². The van der Waals surface area contributed by atoms with Crippen LogP contribution in [0.5, 0.6) is 5.75 Å². The zero-order valence-corrected chi connectivity index (χ0v) is 13.4. The first-order chi connectivity index (χ1) is 11.7. The molecule has 3 aromatic carbocycles. The highest BCUT2D eigenvalue weighted by Gasteiger charge is 2.32. The summed E-state index contributed by atoms with van der Waals surface area (Å²) >= 11 is 6.40. The second-order valence-electron chi connectivity index (χ2n) is 5.65. The Morgan fingerprint density at radius 1 is 0.958 bits per heavy atom. The van der Waals surface area contributed by atoms with Gasteiger partial charge >= 0.3 is 0 Å². The number of fused-ring (bicyclic) bond motifs is 3. The maximum atomic E-state index is 9.61. The molecule has 0 radical (unpaired) electrons. The van der Waals surface area contributed by atoms with E-state index in [9.17, 15) is 5.26 Å². The lowest BCUT2D eigenvalue weighted by atomic mass is 9.82. The number of nitrogens with two attached hydrogens (primary N) is 1. The third-order valence-corrected chi connectivity index (χ3v) is 4.67. The largest absolute Gasteiger partial charge is 0.440 e. The van der Waals surface area contributed by atoms with Crippen LogP contribution < -0.4 is 10.5 Å². The maximum absolute atomic E-state index is 9.61. The van der Waals surface area contributed by atoms with Crippen LogP contribution in [0.2, 0.25) is 5.02 Å². The van der Waals surface area contributed by atoms with Crippen molar-refractivity contribution in [3.63, 3.8) is 0 Å². The Hall–Kier alpha value is -2.96. The molecule has 0 spiro atoms. The first-order valence-corrected chi connectivity index (χ1v) is 7.92. The Labute approximate surface area is 144 Å². The van der Waals surface area contributed by atoms with Crippen molar-refractivity contribution in [2.24, 2.45) is 5.73 Å². The van der Waals surface area contributed by atoms with Gasteiger partial charge in [0.25, 0.3) is 0 Å². The molecule has 1 aliphatic heterocycles. The highest BCUT2D eigenvalue weighted by Crippen LogP contribution is 2.46. The molecule has 1 atom stereocenters. The first kappa shape index (κ1) is 14.6. The molecule has 0 aliphatic carbocycles. The second kappa shape index (κ2) is 5.59. The Morgan fingerprint density at radius 2 is 1.71 bits per heavy atom. The van der Waals surface area contributed by atoms with Gasteiger partial charge in [-0.1, -0.05) is 66.2 Å². The van der Waals surface area contributed by atoms with E-state index in [-0.39, 0.29) is 11.8 Å². The minimum atomic E-state index is -0.336. The van der Waals surface area contributed by atoms with Crippen molar-refractivity contribution in [3.05, 3.63) is 88.3 Å². The molecule has 3 aromatic rings. The van der Waals surface area contributed by atoms with Crippen molar-refractivity contribution in [1.29, 1.82) is 5.26 Å². The summed E-state index contributed by atoms with van der Waals surface area (Å²) in [4.78, 5) is 0. The number of hydrogen-bond donors (Lipinski definition) is 1. The SMILES string of the molecule is N#CC1=C(N)Oc2c(ccc3ccccc23)C1c1ccccc1Cl. The maximum Gasteiger partial charge on any atom is 0.205 e. The van der Waals surface area contributed by atoms with Gasteiger partial charge in [0.1, 0.15) is 17.4 Å². The van der Waals surface area contributed by atoms with E-state index in [1.165, 1.54) is 0 Å². The number of ether oxygens (including phenoxy) is 1. The second-order valence-corrected chi connectivity index (χ2v) is 6.06. The van der Waals surface area contributed by atoms with Crippen molar-refractivity contribution in [3.8, 4) is 11.8 Å². The van der Waals surface area contributed by atoms with Gasteiger partial charge in [-0.15, -0.1) is 0 Å². The summed E-state index contributed by atoms with van der Waals surface area (Å²) in [5.41, 5.74) is 8.19. The minimum absolute atomic E-state index is 0.131. The fourth-order valence-electron chi connectivity index (χ4n) is 3.22. The van der Waals surface area contributed by atoms with E-state index in [0.717, 1.165) is 21.9 Å². The van der Waals surface area contributed by atoms with Crippen LogP contribution in [-0.4, -0.2) is 0 Å². The van der Waals surface area contributed by atoms with Crippen LogP contribution in [-0.2, 0) is 0 Å². The van der Waals surface area contributed by atoms with Gasteiger partial charge in [-0.3, -0.25) is 0 Å². The van der Waals surface area contributed by atoms with Gasteiger partial charge < -0.3 is 10.5 Å². The summed E-state index contributed by atoms with van der Waals surface area (Å²) in [6.45, 7) is 0. The fourth-order valence-corrected chi connectivity index (χ4v) is 3.46. The molecule has 4 heteroatoms. The minimum Gasteiger partial charge on any atom is -0.440 e. The first-order valence-electron chi connectivity index (χ1n) is 7.54. The predicted molar refractivity (Wildman–Crippen MR) is 94.7 cm³/mol. The Balaban J connectivity index is 2.05. The van der Waals surface area contributed by atoms with E-state index < -0.39 is 0 Å². The number of allylic oxidation sites excluding steroid dienone is 1. The van der Waals surface area contributed by atoms with Crippen molar-refractivity contribution < 1.29 is 4.74 Å². The molecule has 0 fully saturated rings. The Bertz CT molecular complexity index is 1030. The smallest absolute Gasteiger partial charge is 0.205 e. The number of halogens is 1. The highest BCUT2D eigenvalue weighted by molar-refractivity contribution is 6.31. The van der Waals surface area contributed by atoms with E-state index in [4.69, 9.17) is 22.1 Å². The number of nitrogens with zero attached hydrogens (tertiary/aromatic N) is 1.